The minimum absolute atomic E-state index is 0.224. The summed E-state index contributed by atoms with van der Waals surface area (Å²) in [5.41, 5.74) is 1.83. The molecular weight excluding hydrogens is 204 g/mol. The van der Waals surface area contributed by atoms with Crippen molar-refractivity contribution in [1.82, 2.24) is 0 Å². The Hall–Kier alpha value is -2.28. The third-order valence-electron chi connectivity index (χ3n) is 2.32. The van der Waals surface area contributed by atoms with E-state index in [0.29, 0.717) is 5.58 Å². The fourth-order valence-electron chi connectivity index (χ4n) is 1.58. The zero-order chi connectivity index (χ0) is 11.5. The molecule has 1 aromatic heterocycles. The molecule has 16 heavy (non-hydrogen) atoms. The minimum atomic E-state index is -0.359. The summed E-state index contributed by atoms with van der Waals surface area (Å²) >= 11 is 0. The molecule has 4 nitrogen and oxygen atoms in total. The Kier molecular flexibility index (Phi) is 2.61. The average molecular weight is 214 g/mol. The number of hydrogen-bond acceptors (Lipinski definition) is 4. The van der Waals surface area contributed by atoms with Crippen LogP contribution in [-0.4, -0.2) is 6.54 Å². The number of nitrogens with one attached hydrogen (secondary N) is 1. The van der Waals surface area contributed by atoms with Crippen LogP contribution in [-0.2, 0) is 0 Å². The van der Waals surface area contributed by atoms with Gasteiger partial charge in [0.05, 0.1) is 6.07 Å². The van der Waals surface area contributed by atoms with Gasteiger partial charge in [-0.3, -0.25) is 0 Å². The molecule has 80 valence electrons. The molecule has 0 amide bonds. The molecule has 0 radical (unpaired) electrons. The highest BCUT2D eigenvalue weighted by Gasteiger charge is 2.02. The Bertz CT molecular complexity index is 623. The molecule has 0 fully saturated rings. The lowest BCUT2D eigenvalue weighted by Gasteiger charge is -2.04. The van der Waals surface area contributed by atoms with E-state index < -0.39 is 0 Å². The third kappa shape index (κ3) is 1.89. The molecule has 0 saturated heterocycles. The Balaban J connectivity index is 2.54. The lowest BCUT2D eigenvalue weighted by molar-refractivity contribution is 0.560. The Morgan fingerprint density at radius 1 is 1.44 bits per heavy atom. The van der Waals surface area contributed by atoms with Gasteiger partial charge in [0.2, 0.25) is 0 Å². The van der Waals surface area contributed by atoms with Crippen LogP contribution in [0.3, 0.4) is 0 Å². The lowest BCUT2D eigenvalue weighted by Crippen LogP contribution is -2.00. The van der Waals surface area contributed by atoms with Crippen molar-refractivity contribution in [2.45, 2.75) is 6.92 Å². The number of aryl methyl sites for hydroxylation is 1. The third-order valence-corrected chi connectivity index (χ3v) is 2.32. The maximum Gasteiger partial charge on any atom is 0.336 e. The van der Waals surface area contributed by atoms with E-state index in [1.54, 1.807) is 6.07 Å². The SMILES string of the molecule is Cc1cc(=O)oc2cc(NCC#N)ccc12. The summed E-state index contributed by atoms with van der Waals surface area (Å²) < 4.78 is 5.08. The summed E-state index contributed by atoms with van der Waals surface area (Å²) in [5, 5.41) is 12.3. The average Bonchev–Trinajstić information content (AvgIpc) is 2.25. The van der Waals surface area contributed by atoms with Gasteiger partial charge in [-0.1, -0.05) is 0 Å². The van der Waals surface area contributed by atoms with Crippen molar-refractivity contribution in [2.75, 3.05) is 11.9 Å². The van der Waals surface area contributed by atoms with Crippen LogP contribution in [0.15, 0.2) is 33.5 Å². The van der Waals surface area contributed by atoms with E-state index in [1.165, 1.54) is 6.07 Å². The van der Waals surface area contributed by atoms with Gasteiger partial charge in [-0.15, -0.1) is 0 Å². The van der Waals surface area contributed by atoms with E-state index >= 15 is 0 Å². The van der Waals surface area contributed by atoms with Crippen LogP contribution in [0.1, 0.15) is 5.56 Å². The summed E-state index contributed by atoms with van der Waals surface area (Å²) in [6.45, 7) is 2.09. The van der Waals surface area contributed by atoms with E-state index in [2.05, 4.69) is 5.32 Å². The van der Waals surface area contributed by atoms with Gasteiger partial charge in [-0.2, -0.15) is 5.26 Å². The minimum Gasteiger partial charge on any atom is -0.423 e. The smallest absolute Gasteiger partial charge is 0.336 e. The summed E-state index contributed by atoms with van der Waals surface area (Å²) in [6.07, 6.45) is 0. The molecule has 1 aromatic carbocycles. The standard InChI is InChI=1S/C12H10N2O2/c1-8-6-12(15)16-11-7-9(14-5-4-13)2-3-10(8)11/h2-3,6-7,14H,5H2,1H3. The first-order valence-electron chi connectivity index (χ1n) is 4.86. The number of hydrogen-bond donors (Lipinski definition) is 1. The zero-order valence-electron chi connectivity index (χ0n) is 8.78. The zero-order valence-corrected chi connectivity index (χ0v) is 8.78. The predicted octanol–water partition coefficient (Wildman–Crippen LogP) is 2.04. The second-order valence-corrected chi connectivity index (χ2v) is 3.47. The van der Waals surface area contributed by atoms with E-state index in [4.69, 9.17) is 9.68 Å². The molecule has 2 rings (SSSR count). The normalized spacial score (nSPS) is 10.0. The van der Waals surface area contributed by atoms with E-state index in [0.717, 1.165) is 16.6 Å². The molecule has 4 heteroatoms. The number of nitrogens with zero attached hydrogens (tertiary/aromatic N) is 1. The number of anilines is 1. The van der Waals surface area contributed by atoms with E-state index in [9.17, 15) is 4.79 Å². The van der Waals surface area contributed by atoms with Gasteiger partial charge in [-0.25, -0.2) is 4.79 Å². The van der Waals surface area contributed by atoms with Crippen molar-refractivity contribution in [1.29, 1.82) is 5.26 Å². The van der Waals surface area contributed by atoms with E-state index in [-0.39, 0.29) is 12.2 Å². The van der Waals surface area contributed by atoms with Crippen LogP contribution < -0.4 is 10.9 Å². The van der Waals surface area contributed by atoms with Gasteiger partial charge in [0, 0.05) is 23.2 Å². The Morgan fingerprint density at radius 3 is 3.00 bits per heavy atom. The van der Waals surface area contributed by atoms with Gasteiger partial charge < -0.3 is 9.73 Å². The molecular formula is C12H10N2O2. The highest BCUT2D eigenvalue weighted by atomic mass is 16.4. The quantitative estimate of drug-likeness (QED) is 0.613. The summed E-state index contributed by atoms with van der Waals surface area (Å²) in [7, 11) is 0. The molecule has 0 aliphatic rings. The van der Waals surface area contributed by atoms with Gasteiger partial charge in [0.15, 0.2) is 0 Å². The first kappa shape index (κ1) is 10.2. The largest absolute Gasteiger partial charge is 0.423 e. The molecule has 0 aliphatic carbocycles. The van der Waals surface area contributed by atoms with Crippen LogP contribution in [0.2, 0.25) is 0 Å². The van der Waals surface area contributed by atoms with Crippen molar-refractivity contribution in [2.24, 2.45) is 0 Å². The van der Waals surface area contributed by atoms with Crippen LogP contribution in [0.25, 0.3) is 11.0 Å². The summed E-state index contributed by atoms with van der Waals surface area (Å²) in [4.78, 5) is 11.2. The van der Waals surface area contributed by atoms with Crippen LogP contribution in [0.5, 0.6) is 0 Å². The number of rotatable bonds is 2. The molecule has 1 N–H and O–H groups in total. The summed E-state index contributed by atoms with van der Waals surface area (Å²) in [6, 6.07) is 8.89. The van der Waals surface area contributed by atoms with Crippen LogP contribution in [0.4, 0.5) is 5.69 Å². The van der Waals surface area contributed by atoms with Gasteiger partial charge >= 0.3 is 5.63 Å². The maximum atomic E-state index is 11.2. The van der Waals surface area contributed by atoms with Crippen molar-refractivity contribution < 1.29 is 4.42 Å². The molecule has 0 bridgehead atoms. The fraction of sp³-hybridized carbons (Fsp3) is 0.167. The molecule has 2 aromatic rings. The van der Waals surface area contributed by atoms with E-state index in [1.807, 2.05) is 25.1 Å². The highest BCUT2D eigenvalue weighted by molar-refractivity contribution is 5.83. The summed E-state index contributed by atoms with van der Waals surface area (Å²) in [5.74, 6) is 0. The van der Waals surface area contributed by atoms with Crippen molar-refractivity contribution in [3.05, 3.63) is 40.2 Å². The lowest BCUT2D eigenvalue weighted by atomic mass is 10.1. The van der Waals surface area contributed by atoms with Crippen LogP contribution >= 0.6 is 0 Å². The molecule has 0 spiro atoms. The highest BCUT2D eigenvalue weighted by Crippen LogP contribution is 2.20. The molecule has 0 unspecified atom stereocenters. The van der Waals surface area contributed by atoms with Gasteiger partial charge in [0.1, 0.15) is 12.1 Å². The molecule has 0 atom stereocenters. The molecule has 1 heterocycles. The van der Waals surface area contributed by atoms with Crippen LogP contribution in [0, 0.1) is 18.3 Å². The Morgan fingerprint density at radius 2 is 2.25 bits per heavy atom. The number of nitriles is 1. The molecule has 0 saturated carbocycles. The first-order valence-corrected chi connectivity index (χ1v) is 4.86. The monoisotopic (exact) mass is 214 g/mol. The second-order valence-electron chi connectivity index (χ2n) is 3.47. The van der Waals surface area contributed by atoms with Gasteiger partial charge in [-0.05, 0) is 24.6 Å². The maximum absolute atomic E-state index is 11.2. The predicted molar refractivity (Wildman–Crippen MR) is 61.3 cm³/mol. The van der Waals surface area contributed by atoms with Crippen molar-refractivity contribution in [3.63, 3.8) is 0 Å². The topological polar surface area (TPSA) is 66.0 Å². The second kappa shape index (κ2) is 4.07. The molecule has 0 aliphatic heterocycles. The van der Waals surface area contributed by atoms with Crippen molar-refractivity contribution in [3.8, 4) is 6.07 Å². The fourth-order valence-corrected chi connectivity index (χ4v) is 1.58. The van der Waals surface area contributed by atoms with Crippen molar-refractivity contribution >= 4 is 16.7 Å². The Labute approximate surface area is 92.1 Å². The number of benzene rings is 1. The first-order chi connectivity index (χ1) is 7.70. The van der Waals surface area contributed by atoms with Gasteiger partial charge in [0.25, 0.3) is 0 Å². The number of fused-ring (bicyclic) bond motifs is 1.